The van der Waals surface area contributed by atoms with Gasteiger partial charge in [0.15, 0.2) is 0 Å². The molecule has 112 valence electrons. The lowest BCUT2D eigenvalue weighted by Crippen LogP contribution is -2.48. The normalized spacial score (nSPS) is 27.9. The van der Waals surface area contributed by atoms with Gasteiger partial charge in [-0.05, 0) is 44.0 Å². The first-order valence-corrected chi connectivity index (χ1v) is 8.72. The van der Waals surface area contributed by atoms with Crippen molar-refractivity contribution in [1.29, 1.82) is 0 Å². The summed E-state index contributed by atoms with van der Waals surface area (Å²) in [5.41, 5.74) is 1.83. The highest BCUT2D eigenvalue weighted by Crippen LogP contribution is 2.47. The summed E-state index contributed by atoms with van der Waals surface area (Å²) in [4.78, 5) is 26.1. The van der Waals surface area contributed by atoms with Crippen LogP contribution in [-0.4, -0.2) is 33.4 Å². The summed E-state index contributed by atoms with van der Waals surface area (Å²) in [7, 11) is 0. The first kappa shape index (κ1) is 14.9. The van der Waals surface area contributed by atoms with Crippen LogP contribution in [0.5, 0.6) is 0 Å². The van der Waals surface area contributed by atoms with Crippen LogP contribution in [0.25, 0.3) is 0 Å². The molecule has 1 aromatic carbocycles. The molecule has 0 radical (unpaired) electrons. The number of anilines is 1. The molecule has 2 aliphatic heterocycles. The van der Waals surface area contributed by atoms with Crippen LogP contribution in [0.4, 0.5) is 5.69 Å². The predicted molar refractivity (Wildman–Crippen MR) is 88.2 cm³/mol. The first-order chi connectivity index (χ1) is 9.90. The number of amides is 2. The van der Waals surface area contributed by atoms with Gasteiger partial charge in [-0.25, -0.2) is 0 Å². The Morgan fingerprint density at radius 1 is 1.52 bits per heavy atom. The highest BCUT2D eigenvalue weighted by Gasteiger charge is 2.52. The van der Waals surface area contributed by atoms with Gasteiger partial charge in [-0.15, -0.1) is 11.8 Å². The quantitative estimate of drug-likeness (QED) is 0.871. The van der Waals surface area contributed by atoms with E-state index < -0.39 is 0 Å². The molecule has 0 aliphatic carbocycles. The topological polar surface area (TPSA) is 49.4 Å². The van der Waals surface area contributed by atoms with E-state index in [1.165, 1.54) is 0 Å². The molecule has 0 unspecified atom stereocenters. The van der Waals surface area contributed by atoms with Crippen molar-refractivity contribution in [1.82, 2.24) is 4.90 Å². The minimum atomic E-state index is -0.362. The van der Waals surface area contributed by atoms with Crippen molar-refractivity contribution in [3.05, 3.63) is 28.2 Å². The Morgan fingerprint density at radius 3 is 3.00 bits per heavy atom. The third-order valence-electron chi connectivity index (χ3n) is 4.17. The average Bonchev–Trinajstić information content (AvgIpc) is 2.91. The standard InChI is InChI=1S/C15H17BrN2O2S/c1-9-7-10(3-4-11(9)16)17-14(20)12-8-21-15(2)6-5-13(19)18(12)15/h3-4,7,12H,5-6,8H2,1-2H3,(H,17,20)/t12-,15-/m0/s1. The van der Waals surface area contributed by atoms with Crippen LogP contribution in [-0.2, 0) is 9.59 Å². The zero-order valence-corrected chi connectivity index (χ0v) is 14.4. The SMILES string of the molecule is Cc1cc(NC(=O)[C@@H]2CS[C@@]3(C)CCC(=O)N23)ccc1Br. The highest BCUT2D eigenvalue weighted by molar-refractivity contribution is 9.10. The van der Waals surface area contributed by atoms with Gasteiger partial charge in [0.1, 0.15) is 6.04 Å². The largest absolute Gasteiger partial charge is 0.324 e. The van der Waals surface area contributed by atoms with E-state index in [0.29, 0.717) is 12.2 Å². The lowest BCUT2D eigenvalue weighted by molar-refractivity contribution is -0.135. The lowest BCUT2D eigenvalue weighted by atomic mass is 10.2. The number of halogens is 1. The van der Waals surface area contributed by atoms with E-state index in [1.807, 2.05) is 25.1 Å². The van der Waals surface area contributed by atoms with Crippen molar-refractivity contribution in [2.75, 3.05) is 11.1 Å². The van der Waals surface area contributed by atoms with Crippen LogP contribution in [0, 0.1) is 6.92 Å². The Morgan fingerprint density at radius 2 is 2.29 bits per heavy atom. The van der Waals surface area contributed by atoms with Gasteiger partial charge in [-0.3, -0.25) is 9.59 Å². The zero-order chi connectivity index (χ0) is 15.2. The molecule has 0 spiro atoms. The average molecular weight is 369 g/mol. The minimum absolute atomic E-state index is 0.0923. The number of aryl methyl sites for hydroxylation is 1. The molecule has 2 fully saturated rings. The fraction of sp³-hybridized carbons (Fsp3) is 0.467. The van der Waals surface area contributed by atoms with Gasteiger partial charge < -0.3 is 10.2 Å². The first-order valence-electron chi connectivity index (χ1n) is 6.94. The van der Waals surface area contributed by atoms with Crippen molar-refractivity contribution in [3.8, 4) is 0 Å². The molecule has 2 aliphatic rings. The number of nitrogens with zero attached hydrogens (tertiary/aromatic N) is 1. The minimum Gasteiger partial charge on any atom is -0.324 e. The number of thioether (sulfide) groups is 1. The number of carbonyl (C=O) groups excluding carboxylic acids is 2. The molecule has 0 bridgehead atoms. The van der Waals surface area contributed by atoms with E-state index in [1.54, 1.807) is 16.7 Å². The van der Waals surface area contributed by atoms with Gasteiger partial charge in [0, 0.05) is 22.3 Å². The smallest absolute Gasteiger partial charge is 0.248 e. The van der Waals surface area contributed by atoms with Crippen molar-refractivity contribution in [2.45, 2.75) is 37.6 Å². The number of hydrogen-bond donors (Lipinski definition) is 1. The molecule has 3 rings (SSSR count). The summed E-state index contributed by atoms with van der Waals surface area (Å²) in [5, 5.41) is 2.94. The van der Waals surface area contributed by atoms with E-state index in [-0.39, 0.29) is 22.7 Å². The van der Waals surface area contributed by atoms with E-state index in [0.717, 1.165) is 22.1 Å². The Kier molecular flexibility index (Phi) is 3.78. The Hall–Kier alpha value is -1.01. The molecule has 1 aromatic rings. The van der Waals surface area contributed by atoms with Gasteiger partial charge in [0.2, 0.25) is 11.8 Å². The number of carbonyl (C=O) groups is 2. The molecule has 0 saturated carbocycles. The number of rotatable bonds is 2. The molecular formula is C15H17BrN2O2S. The second-order valence-corrected chi connectivity index (χ2v) is 8.07. The number of benzene rings is 1. The molecule has 4 nitrogen and oxygen atoms in total. The van der Waals surface area contributed by atoms with E-state index in [9.17, 15) is 9.59 Å². The van der Waals surface area contributed by atoms with Gasteiger partial charge in [-0.2, -0.15) is 0 Å². The van der Waals surface area contributed by atoms with Crippen molar-refractivity contribution < 1.29 is 9.59 Å². The maximum Gasteiger partial charge on any atom is 0.248 e. The number of nitrogens with one attached hydrogen (secondary N) is 1. The van der Waals surface area contributed by atoms with Crippen LogP contribution in [0.1, 0.15) is 25.3 Å². The third-order valence-corrected chi connectivity index (χ3v) is 6.57. The lowest BCUT2D eigenvalue weighted by Gasteiger charge is -2.29. The molecule has 2 amide bonds. The molecule has 21 heavy (non-hydrogen) atoms. The third kappa shape index (κ3) is 2.59. The van der Waals surface area contributed by atoms with Crippen LogP contribution in [0.15, 0.2) is 22.7 Å². The summed E-state index contributed by atoms with van der Waals surface area (Å²) < 4.78 is 1.01. The van der Waals surface area contributed by atoms with Crippen molar-refractivity contribution in [2.24, 2.45) is 0 Å². The molecule has 0 aromatic heterocycles. The number of fused-ring (bicyclic) bond motifs is 1. The van der Waals surface area contributed by atoms with Gasteiger partial charge in [0.25, 0.3) is 0 Å². The van der Waals surface area contributed by atoms with Crippen LogP contribution >= 0.6 is 27.7 Å². The predicted octanol–water partition coefficient (Wildman–Crippen LogP) is 3.15. The summed E-state index contributed by atoms with van der Waals surface area (Å²) >= 11 is 5.15. The van der Waals surface area contributed by atoms with E-state index in [4.69, 9.17) is 0 Å². The maximum atomic E-state index is 12.5. The summed E-state index contributed by atoms with van der Waals surface area (Å²) in [6.07, 6.45) is 1.38. The highest BCUT2D eigenvalue weighted by atomic mass is 79.9. The van der Waals surface area contributed by atoms with Gasteiger partial charge in [-0.1, -0.05) is 15.9 Å². The molecule has 2 saturated heterocycles. The zero-order valence-electron chi connectivity index (χ0n) is 12.0. The van der Waals surface area contributed by atoms with Crippen molar-refractivity contribution in [3.63, 3.8) is 0 Å². The Balaban J connectivity index is 1.77. The summed E-state index contributed by atoms with van der Waals surface area (Å²) in [6, 6.07) is 5.34. The monoisotopic (exact) mass is 368 g/mol. The summed E-state index contributed by atoms with van der Waals surface area (Å²) in [5.74, 6) is 0.668. The van der Waals surface area contributed by atoms with E-state index >= 15 is 0 Å². The van der Waals surface area contributed by atoms with Crippen molar-refractivity contribution >= 4 is 45.2 Å². The number of hydrogen-bond acceptors (Lipinski definition) is 3. The van der Waals surface area contributed by atoms with Gasteiger partial charge >= 0.3 is 0 Å². The second-order valence-electron chi connectivity index (χ2n) is 5.72. The van der Waals surface area contributed by atoms with Crippen LogP contribution in [0.2, 0.25) is 0 Å². The fourth-order valence-electron chi connectivity index (χ4n) is 2.96. The molecule has 2 atom stereocenters. The molecule has 1 N–H and O–H groups in total. The van der Waals surface area contributed by atoms with Crippen LogP contribution < -0.4 is 5.32 Å². The van der Waals surface area contributed by atoms with Crippen LogP contribution in [0.3, 0.4) is 0 Å². The second kappa shape index (κ2) is 5.32. The fourth-order valence-corrected chi connectivity index (χ4v) is 4.64. The molecule has 6 heteroatoms. The molecular weight excluding hydrogens is 352 g/mol. The van der Waals surface area contributed by atoms with Gasteiger partial charge in [0.05, 0.1) is 4.87 Å². The Labute approximate surface area is 136 Å². The maximum absolute atomic E-state index is 12.5. The van der Waals surface area contributed by atoms with E-state index in [2.05, 4.69) is 28.2 Å². The Bertz CT molecular complexity index is 622. The molecule has 2 heterocycles. The summed E-state index contributed by atoms with van der Waals surface area (Å²) in [6.45, 7) is 4.03.